The molecule has 0 atom stereocenters. The summed E-state index contributed by atoms with van der Waals surface area (Å²) < 4.78 is 0. The zero-order valence-corrected chi connectivity index (χ0v) is 9.44. The number of benzene rings is 1. The van der Waals surface area contributed by atoms with Crippen LogP contribution in [0.4, 0.5) is 0 Å². The summed E-state index contributed by atoms with van der Waals surface area (Å²) in [5, 5.41) is 0. The zero-order valence-electron chi connectivity index (χ0n) is 8.62. The molecule has 0 amide bonds. The van der Waals surface area contributed by atoms with Crippen molar-refractivity contribution in [2.75, 3.05) is 6.26 Å². The number of rotatable bonds is 3. The van der Waals surface area contributed by atoms with E-state index in [1.165, 1.54) is 30.6 Å². The monoisotopic (exact) mass is 204 g/mol. The minimum Gasteiger partial charge on any atom is -0.130 e. The Kier molecular flexibility index (Phi) is 2.09. The second-order valence-corrected chi connectivity index (χ2v) is 5.47. The quantitative estimate of drug-likeness (QED) is 0.666. The fourth-order valence-corrected chi connectivity index (χ4v) is 2.58. The van der Waals surface area contributed by atoms with Gasteiger partial charge in [0.25, 0.3) is 0 Å². The topological polar surface area (TPSA) is 0 Å². The highest BCUT2D eigenvalue weighted by Crippen LogP contribution is 2.46. The van der Waals surface area contributed by atoms with Crippen molar-refractivity contribution in [3.05, 3.63) is 29.3 Å². The smallest absolute Gasteiger partial charge is 0.00748 e. The fourth-order valence-electron chi connectivity index (χ4n) is 2.07. The largest absolute Gasteiger partial charge is 0.130 e. The minimum atomic E-state index is 0.902. The lowest BCUT2D eigenvalue weighted by molar-refractivity contribution is 1.05. The van der Waals surface area contributed by atoms with Gasteiger partial charge in [-0.25, -0.2) is 0 Å². The summed E-state index contributed by atoms with van der Waals surface area (Å²) in [5.41, 5.74) is 3.22. The minimum absolute atomic E-state index is 0.902. The molecule has 14 heavy (non-hydrogen) atoms. The summed E-state index contributed by atoms with van der Waals surface area (Å²) in [4.78, 5) is 1.47. The SMILES string of the molecule is CSc1cc(C2CC2)cc(C2CC2)c1. The van der Waals surface area contributed by atoms with E-state index in [4.69, 9.17) is 0 Å². The van der Waals surface area contributed by atoms with Crippen molar-refractivity contribution >= 4 is 11.8 Å². The van der Waals surface area contributed by atoms with E-state index in [0.717, 1.165) is 11.8 Å². The molecule has 0 unspecified atom stereocenters. The van der Waals surface area contributed by atoms with Crippen LogP contribution >= 0.6 is 11.8 Å². The van der Waals surface area contributed by atoms with E-state index in [2.05, 4.69) is 24.5 Å². The van der Waals surface area contributed by atoms with Gasteiger partial charge in [0.1, 0.15) is 0 Å². The first kappa shape index (κ1) is 8.84. The van der Waals surface area contributed by atoms with Crippen LogP contribution in [0.5, 0.6) is 0 Å². The Labute approximate surface area is 90.1 Å². The van der Waals surface area contributed by atoms with Gasteiger partial charge in [-0.05, 0) is 67.0 Å². The molecule has 0 spiro atoms. The van der Waals surface area contributed by atoms with Crippen molar-refractivity contribution in [3.8, 4) is 0 Å². The molecule has 1 aromatic carbocycles. The van der Waals surface area contributed by atoms with E-state index in [1.807, 2.05) is 11.8 Å². The molecule has 0 N–H and O–H groups in total. The highest BCUT2D eigenvalue weighted by molar-refractivity contribution is 7.98. The maximum atomic E-state index is 2.47. The molecule has 1 heteroatoms. The third-order valence-corrected chi connectivity index (χ3v) is 3.99. The van der Waals surface area contributed by atoms with Crippen molar-refractivity contribution < 1.29 is 0 Å². The van der Waals surface area contributed by atoms with E-state index < -0.39 is 0 Å². The third kappa shape index (κ3) is 1.70. The van der Waals surface area contributed by atoms with Gasteiger partial charge in [0, 0.05) is 4.90 Å². The molecule has 2 saturated carbocycles. The Morgan fingerprint density at radius 2 is 1.43 bits per heavy atom. The van der Waals surface area contributed by atoms with Crippen LogP contribution in [-0.4, -0.2) is 6.26 Å². The Morgan fingerprint density at radius 1 is 0.929 bits per heavy atom. The molecule has 0 aliphatic heterocycles. The Balaban J connectivity index is 1.97. The lowest BCUT2D eigenvalue weighted by Crippen LogP contribution is -1.86. The van der Waals surface area contributed by atoms with E-state index in [1.54, 1.807) is 11.1 Å². The van der Waals surface area contributed by atoms with Gasteiger partial charge in [-0.2, -0.15) is 0 Å². The van der Waals surface area contributed by atoms with Gasteiger partial charge in [0.15, 0.2) is 0 Å². The first-order valence-electron chi connectivity index (χ1n) is 5.55. The highest BCUT2D eigenvalue weighted by Gasteiger charge is 2.28. The Hall–Kier alpha value is -0.430. The average Bonchev–Trinajstić information content (AvgIpc) is 3.07. The van der Waals surface area contributed by atoms with Crippen molar-refractivity contribution in [1.29, 1.82) is 0 Å². The summed E-state index contributed by atoms with van der Waals surface area (Å²) in [6, 6.07) is 7.26. The normalized spacial score (nSPS) is 21.2. The predicted octanol–water partition coefficient (Wildman–Crippen LogP) is 4.16. The van der Waals surface area contributed by atoms with Gasteiger partial charge >= 0.3 is 0 Å². The molecule has 0 aromatic heterocycles. The van der Waals surface area contributed by atoms with Crippen LogP contribution in [0.1, 0.15) is 48.6 Å². The van der Waals surface area contributed by atoms with Crippen LogP contribution in [0, 0.1) is 0 Å². The van der Waals surface area contributed by atoms with Crippen LogP contribution in [0.3, 0.4) is 0 Å². The molecule has 3 rings (SSSR count). The van der Waals surface area contributed by atoms with Gasteiger partial charge in [0.05, 0.1) is 0 Å². The summed E-state index contributed by atoms with van der Waals surface area (Å²) in [5.74, 6) is 1.80. The van der Waals surface area contributed by atoms with E-state index in [0.29, 0.717) is 0 Å². The number of thioether (sulfide) groups is 1. The van der Waals surface area contributed by atoms with Crippen LogP contribution < -0.4 is 0 Å². The molecule has 0 heterocycles. The lowest BCUT2D eigenvalue weighted by Gasteiger charge is -2.06. The molecule has 0 saturated heterocycles. The van der Waals surface area contributed by atoms with Crippen molar-refractivity contribution in [1.82, 2.24) is 0 Å². The maximum Gasteiger partial charge on any atom is 0.00748 e. The zero-order chi connectivity index (χ0) is 9.54. The Morgan fingerprint density at radius 3 is 1.79 bits per heavy atom. The summed E-state index contributed by atoms with van der Waals surface area (Å²) in [6.45, 7) is 0. The number of hydrogen-bond acceptors (Lipinski definition) is 1. The van der Waals surface area contributed by atoms with Crippen molar-refractivity contribution in [2.24, 2.45) is 0 Å². The summed E-state index contributed by atoms with van der Waals surface area (Å²) in [6.07, 6.45) is 7.86. The second kappa shape index (κ2) is 3.30. The lowest BCUT2D eigenvalue weighted by atomic mass is 10.0. The molecule has 2 fully saturated rings. The van der Waals surface area contributed by atoms with Crippen LogP contribution in [0.15, 0.2) is 23.1 Å². The molecule has 0 nitrogen and oxygen atoms in total. The highest BCUT2D eigenvalue weighted by atomic mass is 32.2. The van der Waals surface area contributed by atoms with Crippen molar-refractivity contribution in [2.45, 2.75) is 42.4 Å². The standard InChI is InChI=1S/C13H16S/c1-14-13-7-11(9-2-3-9)6-12(8-13)10-4-5-10/h6-10H,2-5H2,1H3. The Bertz CT molecular complexity index is 318. The van der Waals surface area contributed by atoms with E-state index in [9.17, 15) is 0 Å². The van der Waals surface area contributed by atoms with E-state index >= 15 is 0 Å². The first-order chi connectivity index (χ1) is 6.86. The summed E-state index contributed by atoms with van der Waals surface area (Å²) >= 11 is 1.89. The first-order valence-corrected chi connectivity index (χ1v) is 6.78. The fraction of sp³-hybridized carbons (Fsp3) is 0.538. The van der Waals surface area contributed by atoms with Crippen LogP contribution in [0.2, 0.25) is 0 Å². The molecule has 74 valence electrons. The maximum absolute atomic E-state index is 2.47. The van der Waals surface area contributed by atoms with Crippen molar-refractivity contribution in [3.63, 3.8) is 0 Å². The van der Waals surface area contributed by atoms with E-state index in [-0.39, 0.29) is 0 Å². The second-order valence-electron chi connectivity index (χ2n) is 4.59. The molecule has 0 radical (unpaired) electrons. The van der Waals surface area contributed by atoms with Gasteiger partial charge in [-0.1, -0.05) is 6.07 Å². The summed E-state index contributed by atoms with van der Waals surface area (Å²) in [7, 11) is 0. The average molecular weight is 204 g/mol. The molecule has 0 bridgehead atoms. The van der Waals surface area contributed by atoms with Crippen LogP contribution in [-0.2, 0) is 0 Å². The molecular formula is C13H16S. The molecule has 1 aromatic rings. The van der Waals surface area contributed by atoms with Gasteiger partial charge in [-0.15, -0.1) is 11.8 Å². The molecule has 2 aliphatic rings. The predicted molar refractivity (Wildman–Crippen MR) is 62.2 cm³/mol. The third-order valence-electron chi connectivity index (χ3n) is 3.28. The van der Waals surface area contributed by atoms with Gasteiger partial charge < -0.3 is 0 Å². The molecule has 2 aliphatic carbocycles. The van der Waals surface area contributed by atoms with Crippen LogP contribution in [0.25, 0.3) is 0 Å². The molecular weight excluding hydrogens is 188 g/mol. The number of hydrogen-bond donors (Lipinski definition) is 0. The van der Waals surface area contributed by atoms with Gasteiger partial charge in [0.2, 0.25) is 0 Å². The van der Waals surface area contributed by atoms with Gasteiger partial charge in [-0.3, -0.25) is 0 Å².